The number of hydrogen-bond donors (Lipinski definition) is 2. The van der Waals surface area contributed by atoms with Crippen molar-refractivity contribution in [1.29, 1.82) is 0 Å². The van der Waals surface area contributed by atoms with E-state index in [-0.39, 0.29) is 22.8 Å². The lowest BCUT2D eigenvalue weighted by Gasteiger charge is -2.23. The number of aryl methyl sites for hydroxylation is 1. The number of likely N-dealkylation sites (tertiary alicyclic amines) is 1. The second-order valence-electron chi connectivity index (χ2n) is 6.87. The fourth-order valence-electron chi connectivity index (χ4n) is 3.59. The van der Waals surface area contributed by atoms with Gasteiger partial charge in [-0.05, 0) is 38.0 Å². The molecule has 0 bridgehead atoms. The maximum atomic E-state index is 14.0. The largest absolute Gasteiger partial charge is 0.344 e. The number of H-pyrrole nitrogens is 1. The molecule has 0 saturated carbocycles. The number of nitrogens with one attached hydrogen (secondary N) is 2. The van der Waals surface area contributed by atoms with Gasteiger partial charge in [0.2, 0.25) is 0 Å². The molecule has 0 unspecified atom stereocenters. The molecule has 2 N–H and O–H groups in total. The highest BCUT2D eigenvalue weighted by molar-refractivity contribution is 6.30. The van der Waals surface area contributed by atoms with E-state index in [9.17, 15) is 9.18 Å². The number of rotatable bonds is 3. The van der Waals surface area contributed by atoms with Crippen LogP contribution in [0.5, 0.6) is 0 Å². The molecule has 2 heterocycles. The molecule has 144 valence electrons. The highest BCUT2D eigenvalue weighted by Gasteiger charge is 2.33. The van der Waals surface area contributed by atoms with Crippen LogP contribution in [0.1, 0.15) is 30.4 Å². The molecule has 4 rings (SSSR count). The average Bonchev–Trinajstić information content (AvgIpc) is 3.31. The molecular formula is C21H20ClFN4O. The Kier molecular flexibility index (Phi) is 5.05. The predicted octanol–water partition coefficient (Wildman–Crippen LogP) is 5.55. The number of urea groups is 1. The molecule has 28 heavy (non-hydrogen) atoms. The van der Waals surface area contributed by atoms with Gasteiger partial charge in [0, 0.05) is 22.8 Å². The van der Waals surface area contributed by atoms with Crippen molar-refractivity contribution >= 4 is 23.3 Å². The Morgan fingerprint density at radius 3 is 2.82 bits per heavy atom. The summed E-state index contributed by atoms with van der Waals surface area (Å²) >= 11 is 5.78. The minimum Gasteiger partial charge on any atom is -0.344 e. The third-order valence-corrected chi connectivity index (χ3v) is 5.19. The topological polar surface area (TPSA) is 61.0 Å². The SMILES string of the molecule is Cc1[nH]c([C@H]2CCCN2C(=O)Nc2ccc(Cl)cc2F)nc1-c1ccccc1. The molecule has 2 aromatic carbocycles. The molecule has 1 fully saturated rings. The van der Waals surface area contributed by atoms with Gasteiger partial charge in [-0.3, -0.25) is 0 Å². The highest BCUT2D eigenvalue weighted by Crippen LogP contribution is 2.33. The number of nitrogens with zero attached hydrogens (tertiary/aromatic N) is 2. The molecule has 1 aliphatic heterocycles. The van der Waals surface area contributed by atoms with Crippen molar-refractivity contribution in [3.8, 4) is 11.3 Å². The summed E-state index contributed by atoms with van der Waals surface area (Å²) in [6, 6.07) is 13.6. The molecule has 2 amide bonds. The van der Waals surface area contributed by atoms with Gasteiger partial charge in [-0.2, -0.15) is 0 Å². The zero-order chi connectivity index (χ0) is 19.7. The van der Waals surface area contributed by atoms with Gasteiger partial charge < -0.3 is 15.2 Å². The molecule has 0 aliphatic carbocycles. The van der Waals surface area contributed by atoms with Gasteiger partial charge >= 0.3 is 6.03 Å². The van der Waals surface area contributed by atoms with Crippen molar-refractivity contribution in [3.05, 3.63) is 70.9 Å². The summed E-state index contributed by atoms with van der Waals surface area (Å²) in [5, 5.41) is 2.93. The number of imidazole rings is 1. The number of anilines is 1. The number of carbonyl (C=O) groups excluding carboxylic acids is 1. The summed E-state index contributed by atoms with van der Waals surface area (Å²) < 4.78 is 14.0. The van der Waals surface area contributed by atoms with E-state index < -0.39 is 5.82 Å². The van der Waals surface area contributed by atoms with Crippen LogP contribution in [0.3, 0.4) is 0 Å². The standard InChI is InChI=1S/C21H20ClFN4O/c1-13-19(14-6-3-2-4-7-14)26-20(24-13)18-8-5-11-27(18)21(28)25-17-10-9-15(22)12-16(17)23/h2-4,6-7,9-10,12,18H,5,8,11H2,1H3,(H,24,26)(H,25,28)/t18-/m1/s1. The summed E-state index contributed by atoms with van der Waals surface area (Å²) in [6.45, 7) is 2.56. The summed E-state index contributed by atoms with van der Waals surface area (Å²) in [5.74, 6) is 0.192. The van der Waals surface area contributed by atoms with Crippen molar-refractivity contribution in [3.63, 3.8) is 0 Å². The van der Waals surface area contributed by atoms with Crippen molar-refractivity contribution in [2.75, 3.05) is 11.9 Å². The number of hydrogen-bond acceptors (Lipinski definition) is 2. The minimum absolute atomic E-state index is 0.112. The predicted molar refractivity (Wildman–Crippen MR) is 108 cm³/mol. The van der Waals surface area contributed by atoms with Gasteiger partial charge in [0.05, 0.1) is 17.4 Å². The number of aromatic nitrogens is 2. The number of halogens is 2. The van der Waals surface area contributed by atoms with E-state index in [1.807, 2.05) is 37.3 Å². The van der Waals surface area contributed by atoms with E-state index in [1.165, 1.54) is 12.1 Å². The quantitative estimate of drug-likeness (QED) is 0.607. The maximum absolute atomic E-state index is 14.0. The molecule has 1 aromatic heterocycles. The second kappa shape index (κ2) is 7.64. The zero-order valence-corrected chi connectivity index (χ0v) is 16.1. The Hall–Kier alpha value is -2.86. The van der Waals surface area contributed by atoms with Crippen LogP contribution < -0.4 is 5.32 Å². The first-order valence-electron chi connectivity index (χ1n) is 9.17. The number of aromatic amines is 1. The summed E-state index contributed by atoms with van der Waals surface area (Å²) in [7, 11) is 0. The van der Waals surface area contributed by atoms with Crippen LogP contribution in [0.2, 0.25) is 5.02 Å². The number of carbonyl (C=O) groups is 1. The number of amides is 2. The van der Waals surface area contributed by atoms with Crippen molar-refractivity contribution < 1.29 is 9.18 Å². The Balaban J connectivity index is 1.56. The van der Waals surface area contributed by atoms with Crippen LogP contribution in [-0.4, -0.2) is 27.4 Å². The lowest BCUT2D eigenvalue weighted by Crippen LogP contribution is -2.35. The highest BCUT2D eigenvalue weighted by atomic mass is 35.5. The van der Waals surface area contributed by atoms with E-state index in [4.69, 9.17) is 16.6 Å². The van der Waals surface area contributed by atoms with E-state index in [2.05, 4.69) is 10.3 Å². The van der Waals surface area contributed by atoms with E-state index >= 15 is 0 Å². The monoisotopic (exact) mass is 398 g/mol. The molecule has 7 heteroatoms. The fraction of sp³-hybridized carbons (Fsp3) is 0.238. The van der Waals surface area contributed by atoms with Crippen LogP contribution in [-0.2, 0) is 0 Å². The van der Waals surface area contributed by atoms with Crippen LogP contribution in [0.4, 0.5) is 14.9 Å². The first kappa shape index (κ1) is 18.5. The third kappa shape index (κ3) is 3.60. The third-order valence-electron chi connectivity index (χ3n) is 4.95. The van der Waals surface area contributed by atoms with Crippen LogP contribution in [0, 0.1) is 12.7 Å². The zero-order valence-electron chi connectivity index (χ0n) is 15.4. The first-order valence-corrected chi connectivity index (χ1v) is 9.55. The molecule has 0 radical (unpaired) electrons. The van der Waals surface area contributed by atoms with Crippen LogP contribution in [0.25, 0.3) is 11.3 Å². The first-order chi connectivity index (χ1) is 13.5. The van der Waals surface area contributed by atoms with Gasteiger partial charge in [-0.15, -0.1) is 0 Å². The van der Waals surface area contributed by atoms with Crippen LogP contribution in [0.15, 0.2) is 48.5 Å². The molecule has 1 saturated heterocycles. The van der Waals surface area contributed by atoms with E-state index in [0.717, 1.165) is 35.6 Å². The Morgan fingerprint density at radius 2 is 2.07 bits per heavy atom. The normalized spacial score (nSPS) is 16.4. The van der Waals surface area contributed by atoms with Gasteiger partial charge in [0.15, 0.2) is 0 Å². The Labute approximate surface area is 167 Å². The Morgan fingerprint density at radius 1 is 1.29 bits per heavy atom. The summed E-state index contributed by atoms with van der Waals surface area (Å²) in [6.07, 6.45) is 1.67. The van der Waals surface area contributed by atoms with Gasteiger partial charge in [0.1, 0.15) is 11.6 Å². The summed E-state index contributed by atoms with van der Waals surface area (Å²) in [4.78, 5) is 22.6. The van der Waals surface area contributed by atoms with Gasteiger partial charge in [-0.1, -0.05) is 41.9 Å². The lowest BCUT2D eigenvalue weighted by molar-refractivity contribution is 0.205. The van der Waals surface area contributed by atoms with E-state index in [1.54, 1.807) is 11.0 Å². The van der Waals surface area contributed by atoms with Crippen molar-refractivity contribution in [2.24, 2.45) is 0 Å². The van der Waals surface area contributed by atoms with Crippen molar-refractivity contribution in [1.82, 2.24) is 14.9 Å². The molecule has 3 aromatic rings. The van der Waals surface area contributed by atoms with Gasteiger partial charge in [-0.25, -0.2) is 14.2 Å². The number of benzene rings is 2. The lowest BCUT2D eigenvalue weighted by atomic mass is 10.1. The van der Waals surface area contributed by atoms with Gasteiger partial charge in [0.25, 0.3) is 0 Å². The smallest absolute Gasteiger partial charge is 0.322 e. The fourth-order valence-corrected chi connectivity index (χ4v) is 3.75. The molecule has 1 aliphatic rings. The molecule has 1 atom stereocenters. The molecular weight excluding hydrogens is 379 g/mol. The Bertz CT molecular complexity index is 1000. The van der Waals surface area contributed by atoms with Crippen molar-refractivity contribution in [2.45, 2.75) is 25.8 Å². The second-order valence-corrected chi connectivity index (χ2v) is 7.30. The van der Waals surface area contributed by atoms with Crippen LogP contribution >= 0.6 is 11.6 Å². The average molecular weight is 399 g/mol. The summed E-state index contributed by atoms with van der Waals surface area (Å²) in [5.41, 5.74) is 2.98. The minimum atomic E-state index is -0.559. The molecule has 5 nitrogen and oxygen atoms in total. The van der Waals surface area contributed by atoms with E-state index in [0.29, 0.717) is 6.54 Å². The maximum Gasteiger partial charge on any atom is 0.322 e. The molecule has 0 spiro atoms.